The van der Waals surface area contributed by atoms with Crippen LogP contribution >= 0.6 is 0 Å². The number of hydrogen-bond donors (Lipinski definition) is 1. The number of carboxylic acid groups (broad SMARTS) is 1. The first-order valence-corrected chi connectivity index (χ1v) is 29.3. The third-order valence-electron chi connectivity index (χ3n) is 13.2. The highest BCUT2D eigenvalue weighted by Gasteiger charge is 2.31. The van der Waals surface area contributed by atoms with Crippen molar-refractivity contribution in [3.8, 4) is 0 Å². The van der Waals surface area contributed by atoms with Gasteiger partial charge in [-0.25, -0.2) is 4.79 Å². The Kier molecular flexibility index (Phi) is 50.1. The molecule has 0 heterocycles. The highest BCUT2D eigenvalue weighted by molar-refractivity contribution is 5.72. The summed E-state index contributed by atoms with van der Waals surface area (Å²) in [7, 11) is 5.55. The predicted molar refractivity (Wildman–Crippen MR) is 298 cm³/mol. The highest BCUT2D eigenvalue weighted by atomic mass is 16.6. The molecule has 406 valence electrons. The van der Waals surface area contributed by atoms with E-state index in [1.54, 1.807) is 0 Å². The fraction of sp³-hybridized carbons (Fsp3) is 0.790. The van der Waals surface area contributed by atoms with Gasteiger partial charge in [0.1, 0.15) is 6.61 Å². The molecule has 70 heavy (non-hydrogen) atoms. The first-order chi connectivity index (χ1) is 34.1. The van der Waals surface area contributed by atoms with E-state index >= 15 is 0 Å². The van der Waals surface area contributed by atoms with Crippen molar-refractivity contribution in [1.82, 2.24) is 0 Å². The molecule has 0 spiro atoms. The minimum absolute atomic E-state index is 0.0528. The molecular weight excluding hydrogens is 871 g/mol. The van der Waals surface area contributed by atoms with Gasteiger partial charge in [0.25, 0.3) is 0 Å². The Morgan fingerprint density at radius 3 is 1.20 bits per heavy atom. The molecule has 0 aromatic rings. The molecule has 0 rings (SSSR count). The first kappa shape index (κ1) is 67.0. The van der Waals surface area contributed by atoms with Crippen molar-refractivity contribution in [1.29, 1.82) is 0 Å². The van der Waals surface area contributed by atoms with Crippen molar-refractivity contribution < 1.29 is 38.2 Å². The normalized spacial score (nSPS) is 13.2. The van der Waals surface area contributed by atoms with Gasteiger partial charge in [-0.15, -0.1) is 0 Å². The van der Waals surface area contributed by atoms with E-state index in [2.05, 4.69) is 74.6 Å². The maximum absolute atomic E-state index is 12.8. The third-order valence-corrected chi connectivity index (χ3v) is 13.2. The second kappa shape index (κ2) is 52.4. The van der Waals surface area contributed by atoms with Crippen LogP contribution < -0.4 is 0 Å². The zero-order valence-corrected chi connectivity index (χ0v) is 46.5. The van der Waals surface area contributed by atoms with Gasteiger partial charge < -0.3 is 23.8 Å². The number of rotatable bonds is 53. The Balaban J connectivity index is 4.16. The summed E-state index contributed by atoms with van der Waals surface area (Å²) >= 11 is 0. The molecule has 0 aliphatic carbocycles. The Bertz CT molecular complexity index is 1330. The molecule has 0 aromatic carbocycles. The van der Waals surface area contributed by atoms with Crippen molar-refractivity contribution in [2.45, 2.75) is 276 Å². The van der Waals surface area contributed by atoms with Gasteiger partial charge >= 0.3 is 17.9 Å². The van der Waals surface area contributed by atoms with E-state index in [1.165, 1.54) is 167 Å². The predicted octanol–water partition coefficient (Wildman–Crippen LogP) is 17.7. The van der Waals surface area contributed by atoms with E-state index in [-0.39, 0.29) is 36.2 Å². The van der Waals surface area contributed by atoms with Crippen molar-refractivity contribution in [2.24, 2.45) is 0 Å². The molecule has 0 fully saturated rings. The number of likely N-dealkylation sites (N-methyl/N-ethyl adjacent to an activating group) is 1. The molecule has 0 saturated heterocycles. The van der Waals surface area contributed by atoms with Crippen LogP contribution in [0.15, 0.2) is 60.8 Å². The van der Waals surface area contributed by atoms with Gasteiger partial charge in [0.05, 0.1) is 34.4 Å². The average molecular weight is 984 g/mol. The average Bonchev–Trinajstić information content (AvgIpc) is 3.33. The van der Waals surface area contributed by atoms with Crippen molar-refractivity contribution >= 4 is 17.9 Å². The van der Waals surface area contributed by atoms with Crippen molar-refractivity contribution in [3.63, 3.8) is 0 Å². The monoisotopic (exact) mass is 983 g/mol. The zero-order valence-electron chi connectivity index (χ0n) is 46.5. The lowest BCUT2D eigenvalue weighted by Gasteiger charge is -2.31. The highest BCUT2D eigenvalue weighted by Crippen LogP contribution is 2.16. The topological polar surface area (TPSA) is 99.1 Å². The minimum atomic E-state index is -0.874. The van der Waals surface area contributed by atoms with Crippen LogP contribution in [0.5, 0.6) is 0 Å². The Morgan fingerprint density at radius 1 is 0.443 bits per heavy atom. The van der Waals surface area contributed by atoms with Crippen LogP contribution in [-0.4, -0.2) is 80.6 Å². The number of carbonyl (C=O) groups is 3. The molecular formula is C62H112NO7+. The van der Waals surface area contributed by atoms with E-state index in [0.717, 1.165) is 64.2 Å². The van der Waals surface area contributed by atoms with E-state index < -0.39 is 18.1 Å². The van der Waals surface area contributed by atoms with Gasteiger partial charge in [0.2, 0.25) is 0 Å². The largest absolute Gasteiger partial charge is 0.477 e. The van der Waals surface area contributed by atoms with Crippen LogP contribution in [0.2, 0.25) is 0 Å². The summed E-state index contributed by atoms with van der Waals surface area (Å²) in [6.07, 6.45) is 67.1. The van der Waals surface area contributed by atoms with E-state index in [1.807, 2.05) is 21.1 Å². The molecule has 2 atom stereocenters. The van der Waals surface area contributed by atoms with Crippen LogP contribution in [0.1, 0.15) is 264 Å². The summed E-state index contributed by atoms with van der Waals surface area (Å²) < 4.78 is 17.4. The molecule has 2 unspecified atom stereocenters. The number of nitrogens with zero attached hydrogens (tertiary/aromatic N) is 1. The minimum Gasteiger partial charge on any atom is -0.477 e. The van der Waals surface area contributed by atoms with Crippen LogP contribution in [0, 0.1) is 0 Å². The lowest BCUT2D eigenvalue weighted by Crippen LogP contribution is -2.50. The van der Waals surface area contributed by atoms with E-state index in [4.69, 9.17) is 14.2 Å². The van der Waals surface area contributed by atoms with Crippen LogP contribution in [0.4, 0.5) is 0 Å². The maximum atomic E-state index is 12.8. The molecule has 0 saturated carbocycles. The SMILES string of the molecule is CC/C=C\C/C=C\C/C=C\C/C=C\CCCCCCCCCCCCC(=O)OC(COCCC(C(=O)O)[N+](C)(C)C)COC(=O)CCCCCCCCCCCCC/C=C\CCCCCCCCCC. The fourth-order valence-electron chi connectivity index (χ4n) is 8.67. The standard InChI is InChI=1S/C62H111NO7/c1-6-8-10-12-14-16-18-20-22-24-26-28-30-32-34-36-38-40-42-44-46-48-50-52-60(64)69-57-58(56-68-55-54-59(62(66)67)63(3,4)5)70-61(65)53-51-49-47-45-43-41-39-37-35-33-31-29-27-25-23-21-19-17-15-13-11-9-7-2/h9,11,15,17,21,23-24,26-27,29,58-59H,6-8,10,12-14,16,18-20,22,25,28,30-57H2,1-5H3/p+1/b11-9-,17-15-,23-21-,26-24-,29-27-. The molecule has 0 aromatic heterocycles. The summed E-state index contributed by atoms with van der Waals surface area (Å²) in [5.74, 6) is -1.46. The van der Waals surface area contributed by atoms with Crippen LogP contribution in [0.3, 0.4) is 0 Å². The number of aliphatic carboxylic acids is 1. The molecule has 0 aliphatic rings. The molecule has 8 heteroatoms. The molecule has 0 radical (unpaired) electrons. The Hall–Kier alpha value is -2.97. The van der Waals surface area contributed by atoms with Crippen LogP contribution in [0.25, 0.3) is 0 Å². The van der Waals surface area contributed by atoms with Gasteiger partial charge in [-0.3, -0.25) is 9.59 Å². The van der Waals surface area contributed by atoms with Crippen LogP contribution in [-0.2, 0) is 28.6 Å². The molecule has 0 aliphatic heterocycles. The lowest BCUT2D eigenvalue weighted by atomic mass is 10.0. The van der Waals surface area contributed by atoms with Gasteiger partial charge in [0, 0.05) is 19.3 Å². The molecule has 8 nitrogen and oxygen atoms in total. The Labute approximate surface area is 432 Å². The number of esters is 2. The second-order valence-electron chi connectivity index (χ2n) is 20.9. The number of allylic oxidation sites excluding steroid dienone is 10. The molecule has 1 N–H and O–H groups in total. The van der Waals surface area contributed by atoms with E-state index in [0.29, 0.717) is 19.3 Å². The molecule has 0 amide bonds. The number of quaternary nitrogens is 1. The van der Waals surface area contributed by atoms with Crippen molar-refractivity contribution in [3.05, 3.63) is 60.8 Å². The van der Waals surface area contributed by atoms with Gasteiger partial charge in [-0.2, -0.15) is 0 Å². The number of carbonyl (C=O) groups excluding carboxylic acids is 2. The fourth-order valence-corrected chi connectivity index (χ4v) is 8.67. The van der Waals surface area contributed by atoms with E-state index in [9.17, 15) is 19.5 Å². The Morgan fingerprint density at radius 2 is 0.800 bits per heavy atom. The number of hydrogen-bond acceptors (Lipinski definition) is 6. The smallest absolute Gasteiger partial charge is 0.362 e. The number of ether oxygens (including phenoxy) is 3. The summed E-state index contributed by atoms with van der Waals surface area (Å²) in [4.78, 5) is 37.3. The lowest BCUT2D eigenvalue weighted by molar-refractivity contribution is -0.887. The summed E-state index contributed by atoms with van der Waals surface area (Å²) in [6.45, 7) is 4.66. The van der Waals surface area contributed by atoms with Gasteiger partial charge in [-0.1, -0.05) is 229 Å². The zero-order chi connectivity index (χ0) is 51.3. The summed E-state index contributed by atoms with van der Waals surface area (Å²) in [6, 6.07) is -0.618. The number of unbranched alkanes of at least 4 members (excludes halogenated alkanes) is 29. The number of carboxylic acids is 1. The van der Waals surface area contributed by atoms with Gasteiger partial charge in [0.15, 0.2) is 12.1 Å². The first-order valence-electron chi connectivity index (χ1n) is 29.3. The second-order valence-corrected chi connectivity index (χ2v) is 20.9. The third kappa shape index (κ3) is 50.0. The summed E-state index contributed by atoms with van der Waals surface area (Å²) in [5, 5.41) is 9.68. The maximum Gasteiger partial charge on any atom is 0.362 e. The van der Waals surface area contributed by atoms with Gasteiger partial charge in [-0.05, 0) is 77.0 Å². The quantitative estimate of drug-likeness (QED) is 0.0280. The van der Waals surface area contributed by atoms with Crippen molar-refractivity contribution in [2.75, 3.05) is 41.0 Å². The summed E-state index contributed by atoms with van der Waals surface area (Å²) in [5.41, 5.74) is 0. The molecule has 0 bridgehead atoms.